The van der Waals surface area contributed by atoms with E-state index in [9.17, 15) is 18.3 Å². The highest BCUT2D eigenvalue weighted by Gasteiger charge is 2.28. The maximum absolute atomic E-state index is 10.0. The molecule has 120 valence electrons. The molecule has 2 aliphatic rings. The third kappa shape index (κ3) is 26.9. The van der Waals surface area contributed by atoms with Crippen LogP contribution in [-0.4, -0.2) is 62.0 Å². The van der Waals surface area contributed by atoms with Gasteiger partial charge >= 0.3 is 23.4 Å². The van der Waals surface area contributed by atoms with Gasteiger partial charge in [-0.3, -0.25) is 9.13 Å². The van der Waals surface area contributed by atoms with Crippen LogP contribution in [0.25, 0.3) is 0 Å². The predicted molar refractivity (Wildman–Crippen MR) is 80.2 cm³/mol. The Kier molecular flexibility index (Phi) is 12.7. The van der Waals surface area contributed by atoms with Crippen molar-refractivity contribution in [1.29, 1.82) is 0 Å². The minimum absolute atomic E-state index is 0.340. The van der Waals surface area contributed by atoms with Gasteiger partial charge in [-0.05, 0) is 4.57 Å². The monoisotopic (exact) mass is 370 g/mol. The van der Waals surface area contributed by atoms with Crippen LogP contribution in [0, 0.1) is 0 Å². The fourth-order valence-electron chi connectivity index (χ4n) is 0.413. The standard InChI is InChI=1S/C2H5O3P.C2H4O2P.C2H7O2P.C2H6OP/c3-6(4)2-1-5-6;3-5-2-1-4-5;1-5(2,3)4;1-4(2)3/h1-2H2,(H,3,4);1-2H2;1-2H3,(H,3,4);1-2H3/q;+1;;+1. The summed E-state index contributed by atoms with van der Waals surface area (Å²) in [5.41, 5.74) is 0. The normalized spacial score (nSPS) is 25.0. The molecule has 8 nitrogen and oxygen atoms in total. The van der Waals surface area contributed by atoms with E-state index in [1.54, 1.807) is 13.3 Å². The summed E-state index contributed by atoms with van der Waals surface area (Å²) in [6, 6.07) is 0. The van der Waals surface area contributed by atoms with Gasteiger partial charge in [0.1, 0.15) is 19.9 Å². The molecule has 2 saturated heterocycles. The van der Waals surface area contributed by atoms with E-state index in [1.165, 1.54) is 13.3 Å². The zero-order valence-electron chi connectivity index (χ0n) is 12.0. The van der Waals surface area contributed by atoms with Crippen molar-refractivity contribution in [2.45, 2.75) is 0 Å². The first kappa shape index (κ1) is 22.8. The molecule has 2 fully saturated rings. The van der Waals surface area contributed by atoms with Gasteiger partial charge in [-0.25, -0.2) is 0 Å². The molecule has 0 spiro atoms. The molecule has 2 rings (SSSR count). The molecular weight excluding hydrogens is 348 g/mol. The highest BCUT2D eigenvalue weighted by molar-refractivity contribution is 7.56. The molecule has 0 saturated carbocycles. The summed E-state index contributed by atoms with van der Waals surface area (Å²) < 4.78 is 47.9. The second-order valence-corrected chi connectivity index (χ2v) is 11.8. The second kappa shape index (κ2) is 11.1. The zero-order chi connectivity index (χ0) is 16.4. The summed E-state index contributed by atoms with van der Waals surface area (Å²) in [5.74, 6) is 0. The molecule has 0 bridgehead atoms. The molecule has 0 aromatic rings. The van der Waals surface area contributed by atoms with E-state index < -0.39 is 30.8 Å². The van der Waals surface area contributed by atoms with E-state index in [2.05, 4.69) is 9.05 Å². The lowest BCUT2D eigenvalue weighted by Crippen LogP contribution is -2.11. The quantitative estimate of drug-likeness (QED) is 0.623. The van der Waals surface area contributed by atoms with Crippen LogP contribution < -0.4 is 0 Å². The van der Waals surface area contributed by atoms with Gasteiger partial charge in [0.05, 0.1) is 12.8 Å². The van der Waals surface area contributed by atoms with E-state index in [0.717, 1.165) is 6.16 Å². The molecule has 2 aliphatic heterocycles. The Bertz CT molecular complexity index is 377. The summed E-state index contributed by atoms with van der Waals surface area (Å²) in [4.78, 5) is 16.3. The average molecular weight is 370 g/mol. The smallest absolute Gasteiger partial charge is 0.345 e. The van der Waals surface area contributed by atoms with Gasteiger partial charge in [-0.1, -0.05) is 4.57 Å². The van der Waals surface area contributed by atoms with Gasteiger partial charge in [0, 0.05) is 13.3 Å². The van der Waals surface area contributed by atoms with E-state index in [1.807, 2.05) is 0 Å². The Labute approximate surface area is 120 Å². The molecule has 2 unspecified atom stereocenters. The third-order valence-electron chi connectivity index (χ3n) is 1.18. The molecule has 2 atom stereocenters. The first-order valence-electron chi connectivity index (χ1n) is 5.49. The Balaban J connectivity index is 0. The number of rotatable bonds is 0. The van der Waals surface area contributed by atoms with Crippen molar-refractivity contribution in [3.8, 4) is 0 Å². The first-order valence-corrected chi connectivity index (χ1v) is 13.3. The van der Waals surface area contributed by atoms with Gasteiger partial charge in [-0.2, -0.15) is 0 Å². The molecule has 20 heavy (non-hydrogen) atoms. The fourth-order valence-corrected chi connectivity index (χ4v) is 1.24. The molecular formula is C8H22O8P4+2. The molecule has 0 aromatic heterocycles. The summed E-state index contributed by atoms with van der Waals surface area (Å²) in [7, 11) is -7.64. The average Bonchev–Trinajstić information content (AvgIpc) is 2.10. The molecule has 0 radical (unpaired) electrons. The fraction of sp³-hybridized carbons (Fsp3) is 1.00. The Morgan fingerprint density at radius 3 is 1.50 bits per heavy atom. The van der Waals surface area contributed by atoms with Crippen LogP contribution in [0.15, 0.2) is 0 Å². The highest BCUT2D eigenvalue weighted by Crippen LogP contribution is 2.48. The van der Waals surface area contributed by atoms with Crippen LogP contribution in [-0.2, 0) is 27.3 Å². The summed E-state index contributed by atoms with van der Waals surface area (Å²) >= 11 is 0. The van der Waals surface area contributed by atoms with E-state index in [4.69, 9.17) is 9.79 Å². The van der Waals surface area contributed by atoms with Crippen molar-refractivity contribution in [3.05, 3.63) is 0 Å². The van der Waals surface area contributed by atoms with Gasteiger partial charge in [0.15, 0.2) is 7.37 Å². The van der Waals surface area contributed by atoms with Crippen molar-refractivity contribution in [3.63, 3.8) is 0 Å². The maximum Gasteiger partial charge on any atom is 0.510 e. The number of hydrogen-bond donors (Lipinski definition) is 2. The van der Waals surface area contributed by atoms with Gasteiger partial charge in [-0.15, -0.1) is 4.52 Å². The van der Waals surface area contributed by atoms with Gasteiger partial charge in [0.2, 0.25) is 6.16 Å². The van der Waals surface area contributed by atoms with Crippen molar-refractivity contribution >= 4 is 30.8 Å². The van der Waals surface area contributed by atoms with E-state index in [0.29, 0.717) is 19.4 Å². The molecule has 0 amide bonds. The largest absolute Gasteiger partial charge is 0.510 e. The summed E-state index contributed by atoms with van der Waals surface area (Å²) in [6.45, 7) is 7.10. The molecule has 0 aromatic carbocycles. The lowest BCUT2D eigenvalue weighted by Gasteiger charge is -2.18. The summed E-state index contributed by atoms with van der Waals surface area (Å²) in [6.07, 6.45) is 1.11. The predicted octanol–water partition coefficient (Wildman–Crippen LogP) is 2.55. The molecule has 2 heterocycles. The lowest BCUT2D eigenvalue weighted by molar-refractivity contribution is 0.220. The minimum Gasteiger partial charge on any atom is -0.345 e. The lowest BCUT2D eigenvalue weighted by atomic mass is 10.9. The second-order valence-electron chi connectivity index (χ2n) is 4.19. The van der Waals surface area contributed by atoms with Gasteiger partial charge in [0.25, 0.3) is 0 Å². The van der Waals surface area contributed by atoms with Crippen LogP contribution in [0.3, 0.4) is 0 Å². The van der Waals surface area contributed by atoms with Crippen molar-refractivity contribution in [2.75, 3.05) is 52.2 Å². The van der Waals surface area contributed by atoms with Crippen LogP contribution in [0.1, 0.15) is 0 Å². The maximum atomic E-state index is 10.0. The Hall–Kier alpha value is 0.500. The van der Waals surface area contributed by atoms with Gasteiger partial charge < -0.3 is 14.3 Å². The van der Waals surface area contributed by atoms with Crippen LogP contribution in [0.5, 0.6) is 0 Å². The third-order valence-corrected chi connectivity index (χ3v) is 3.53. The Morgan fingerprint density at radius 2 is 1.50 bits per heavy atom. The van der Waals surface area contributed by atoms with Crippen molar-refractivity contribution < 1.29 is 37.1 Å². The molecule has 0 aliphatic carbocycles. The molecule has 2 N–H and O–H groups in total. The number of hydrogen-bond acceptors (Lipinski definition) is 6. The minimum atomic E-state index is -2.97. The van der Waals surface area contributed by atoms with E-state index in [-0.39, 0.29) is 0 Å². The van der Waals surface area contributed by atoms with Crippen LogP contribution >= 0.6 is 30.8 Å². The van der Waals surface area contributed by atoms with E-state index >= 15 is 0 Å². The SMILES string of the molecule is CP(C)(=O)O.C[P+](C)=O.O=P1(O)CCO1.O=[P+]1CCO1. The highest BCUT2D eigenvalue weighted by atomic mass is 31.2. The first-order chi connectivity index (χ1) is 8.83. The Morgan fingerprint density at radius 1 is 1.30 bits per heavy atom. The van der Waals surface area contributed by atoms with Crippen LogP contribution in [0.2, 0.25) is 0 Å². The summed E-state index contributed by atoms with van der Waals surface area (Å²) in [5, 5.41) is 0. The van der Waals surface area contributed by atoms with Crippen LogP contribution in [0.4, 0.5) is 0 Å². The zero-order valence-corrected chi connectivity index (χ0v) is 15.5. The molecule has 12 heteroatoms. The topological polar surface area (TPSA) is 127 Å². The van der Waals surface area contributed by atoms with Crippen molar-refractivity contribution in [2.24, 2.45) is 0 Å². The van der Waals surface area contributed by atoms with Crippen molar-refractivity contribution in [1.82, 2.24) is 0 Å².